The second-order valence-corrected chi connectivity index (χ2v) is 11.7. The number of hydrogen-bond donors (Lipinski definition) is 1. The van der Waals surface area contributed by atoms with Gasteiger partial charge in [0.1, 0.15) is 0 Å². The number of piperidine rings is 1. The Bertz CT molecular complexity index is 1250. The van der Waals surface area contributed by atoms with Gasteiger partial charge in [-0.15, -0.1) is 0 Å². The van der Waals surface area contributed by atoms with Gasteiger partial charge in [-0.3, -0.25) is 9.48 Å². The van der Waals surface area contributed by atoms with Gasteiger partial charge in [0, 0.05) is 38.5 Å². The Labute approximate surface area is 211 Å². The number of nitrogens with two attached hydrogens (primary N) is 1. The molecule has 3 fully saturated rings. The van der Waals surface area contributed by atoms with E-state index < -0.39 is 21.7 Å². The molecule has 5 rings (SSSR count). The van der Waals surface area contributed by atoms with Crippen LogP contribution < -0.4 is 5.73 Å². The number of aromatic nitrogens is 2. The summed E-state index contributed by atoms with van der Waals surface area (Å²) in [4.78, 5) is 12.3. The molecule has 1 aromatic carbocycles. The first-order valence-corrected chi connectivity index (χ1v) is 13.9. The SMILES string of the molecule is N#C[C@H]1CCCC[C@@H]1n1cc(C(N)=O)c(Cc2ccc(S(=O)(=O)N3CCC4(CC3)OCCO4)cc2)n1. The minimum atomic E-state index is -3.64. The van der Waals surface area contributed by atoms with Crippen LogP contribution in [0.4, 0.5) is 0 Å². The highest BCUT2D eigenvalue weighted by Crippen LogP contribution is 2.35. The van der Waals surface area contributed by atoms with Crippen molar-refractivity contribution in [3.8, 4) is 6.07 Å². The quantitative estimate of drug-likeness (QED) is 0.625. The van der Waals surface area contributed by atoms with Gasteiger partial charge in [-0.2, -0.15) is 14.7 Å². The molecule has 2 N–H and O–H groups in total. The molecule has 1 aliphatic carbocycles. The third-order valence-corrected chi connectivity index (χ3v) is 9.45. The van der Waals surface area contributed by atoms with E-state index in [-0.39, 0.29) is 16.9 Å². The van der Waals surface area contributed by atoms with Gasteiger partial charge in [0.25, 0.3) is 5.91 Å². The summed E-state index contributed by atoms with van der Waals surface area (Å²) in [7, 11) is -3.64. The molecule has 1 spiro atoms. The summed E-state index contributed by atoms with van der Waals surface area (Å²) in [6.07, 6.45) is 6.68. The van der Waals surface area contributed by atoms with Crippen LogP contribution in [0.3, 0.4) is 0 Å². The van der Waals surface area contributed by atoms with E-state index in [4.69, 9.17) is 15.2 Å². The van der Waals surface area contributed by atoms with Crippen molar-refractivity contribution in [3.05, 3.63) is 47.3 Å². The van der Waals surface area contributed by atoms with Crippen molar-refractivity contribution in [3.63, 3.8) is 0 Å². The summed E-state index contributed by atoms with van der Waals surface area (Å²) in [5, 5.41) is 14.2. The number of carbonyl (C=O) groups is 1. The van der Waals surface area contributed by atoms with Gasteiger partial charge in [0.05, 0.1) is 47.4 Å². The minimum Gasteiger partial charge on any atom is -0.365 e. The lowest BCUT2D eigenvalue weighted by molar-refractivity contribution is -0.179. The highest BCUT2D eigenvalue weighted by Gasteiger charge is 2.42. The molecule has 3 aliphatic rings. The van der Waals surface area contributed by atoms with E-state index in [1.54, 1.807) is 35.1 Å². The van der Waals surface area contributed by atoms with E-state index in [2.05, 4.69) is 11.2 Å². The van der Waals surface area contributed by atoms with Crippen LogP contribution in [0.15, 0.2) is 35.4 Å². The van der Waals surface area contributed by atoms with Crippen LogP contribution in [0.1, 0.15) is 66.2 Å². The van der Waals surface area contributed by atoms with Crippen molar-refractivity contribution in [1.29, 1.82) is 5.26 Å². The van der Waals surface area contributed by atoms with Crippen molar-refractivity contribution in [1.82, 2.24) is 14.1 Å². The van der Waals surface area contributed by atoms with Gasteiger partial charge in [0.2, 0.25) is 10.0 Å². The van der Waals surface area contributed by atoms with Crippen LogP contribution in [0.25, 0.3) is 0 Å². The van der Waals surface area contributed by atoms with Gasteiger partial charge in [-0.1, -0.05) is 25.0 Å². The maximum atomic E-state index is 13.2. The molecule has 1 saturated carbocycles. The summed E-state index contributed by atoms with van der Waals surface area (Å²) in [5.74, 6) is -1.35. The molecular weight excluding hydrogens is 482 g/mol. The van der Waals surface area contributed by atoms with Crippen LogP contribution in [0.5, 0.6) is 0 Å². The zero-order valence-electron chi connectivity index (χ0n) is 20.1. The van der Waals surface area contributed by atoms with Crippen molar-refractivity contribution in [2.45, 2.75) is 61.7 Å². The number of hydrogen-bond acceptors (Lipinski definition) is 7. The van der Waals surface area contributed by atoms with Crippen molar-refractivity contribution < 1.29 is 22.7 Å². The molecule has 36 heavy (non-hydrogen) atoms. The Morgan fingerprint density at radius 1 is 1.14 bits per heavy atom. The Balaban J connectivity index is 1.31. The number of sulfonamides is 1. The summed E-state index contributed by atoms with van der Waals surface area (Å²) in [5.41, 5.74) is 7.29. The van der Waals surface area contributed by atoms with E-state index in [1.165, 1.54) is 4.31 Å². The van der Waals surface area contributed by atoms with Crippen LogP contribution in [0, 0.1) is 17.2 Å². The molecule has 2 aliphatic heterocycles. The third kappa shape index (κ3) is 4.78. The first kappa shape index (κ1) is 24.9. The molecule has 0 unspecified atom stereocenters. The summed E-state index contributed by atoms with van der Waals surface area (Å²) < 4.78 is 41.0. The third-order valence-electron chi connectivity index (χ3n) is 7.54. The van der Waals surface area contributed by atoms with Crippen LogP contribution >= 0.6 is 0 Å². The van der Waals surface area contributed by atoms with Gasteiger partial charge >= 0.3 is 0 Å². The average molecular weight is 514 g/mol. The summed E-state index contributed by atoms with van der Waals surface area (Å²) in [6.45, 7) is 1.77. The number of nitriles is 1. The molecule has 192 valence electrons. The van der Waals surface area contributed by atoms with Gasteiger partial charge in [0.15, 0.2) is 5.79 Å². The average Bonchev–Trinajstić information content (AvgIpc) is 3.52. The Morgan fingerprint density at radius 3 is 2.44 bits per heavy atom. The van der Waals surface area contributed by atoms with Gasteiger partial charge < -0.3 is 15.2 Å². The number of nitrogens with zero attached hydrogens (tertiary/aromatic N) is 4. The molecule has 1 amide bonds. The van der Waals surface area contributed by atoms with E-state index in [1.807, 2.05) is 0 Å². The molecule has 11 heteroatoms. The van der Waals surface area contributed by atoms with Gasteiger partial charge in [-0.25, -0.2) is 8.42 Å². The predicted molar refractivity (Wildman–Crippen MR) is 129 cm³/mol. The fourth-order valence-corrected chi connectivity index (χ4v) is 6.93. The fraction of sp³-hybridized carbons (Fsp3) is 0.560. The predicted octanol–water partition coefficient (Wildman–Crippen LogP) is 2.36. The normalized spacial score (nSPS) is 24.5. The first-order valence-electron chi connectivity index (χ1n) is 12.5. The Kier molecular flexibility index (Phi) is 6.87. The van der Waals surface area contributed by atoms with Crippen LogP contribution in [-0.4, -0.2) is 60.5 Å². The van der Waals surface area contributed by atoms with E-state index in [0.717, 1.165) is 31.2 Å². The smallest absolute Gasteiger partial charge is 0.252 e. The molecule has 0 bridgehead atoms. The fourth-order valence-electron chi connectivity index (χ4n) is 5.49. The number of rotatable bonds is 6. The lowest BCUT2D eigenvalue weighted by atomic mass is 9.85. The van der Waals surface area contributed by atoms with E-state index >= 15 is 0 Å². The van der Waals surface area contributed by atoms with Crippen LogP contribution in [-0.2, 0) is 25.9 Å². The lowest BCUT2D eigenvalue weighted by Crippen LogP contribution is -2.47. The second-order valence-electron chi connectivity index (χ2n) is 9.75. The Hall–Kier alpha value is -2.78. The number of primary amides is 1. The molecule has 0 radical (unpaired) electrons. The topological polar surface area (TPSA) is 141 Å². The molecule has 10 nitrogen and oxygen atoms in total. The largest absolute Gasteiger partial charge is 0.365 e. The number of ether oxygens (including phenoxy) is 2. The van der Waals surface area contributed by atoms with E-state index in [0.29, 0.717) is 56.8 Å². The highest BCUT2D eigenvalue weighted by atomic mass is 32.2. The zero-order chi connectivity index (χ0) is 25.3. The van der Waals surface area contributed by atoms with Crippen molar-refractivity contribution in [2.24, 2.45) is 11.7 Å². The molecule has 1 aromatic heterocycles. The van der Waals surface area contributed by atoms with Crippen molar-refractivity contribution in [2.75, 3.05) is 26.3 Å². The molecule has 2 saturated heterocycles. The highest BCUT2D eigenvalue weighted by molar-refractivity contribution is 7.89. The second kappa shape index (κ2) is 9.94. The lowest BCUT2D eigenvalue weighted by Gasteiger charge is -2.36. The first-order chi connectivity index (χ1) is 17.3. The minimum absolute atomic E-state index is 0.0770. The standard InChI is InChI=1S/C25H31N5O5S/c26-16-19-3-1-2-4-23(19)30-17-21(24(27)31)22(28-30)15-18-5-7-20(8-6-18)36(32,33)29-11-9-25(10-12-29)34-13-14-35-25/h5-8,17,19,23H,1-4,9-15H2,(H2,27,31)/t19-,23+/m1/s1. The molecule has 2 aromatic rings. The number of benzene rings is 1. The molecule has 2 atom stereocenters. The van der Waals surface area contributed by atoms with E-state index in [9.17, 15) is 18.5 Å². The number of carbonyl (C=O) groups excluding carboxylic acids is 1. The maximum Gasteiger partial charge on any atom is 0.252 e. The molecule has 3 heterocycles. The Morgan fingerprint density at radius 2 is 1.81 bits per heavy atom. The summed E-state index contributed by atoms with van der Waals surface area (Å²) in [6, 6.07) is 8.95. The zero-order valence-corrected chi connectivity index (χ0v) is 21.0. The molecular formula is C25H31N5O5S. The van der Waals surface area contributed by atoms with Crippen molar-refractivity contribution >= 4 is 15.9 Å². The summed E-state index contributed by atoms with van der Waals surface area (Å²) >= 11 is 0. The van der Waals surface area contributed by atoms with Crippen LogP contribution in [0.2, 0.25) is 0 Å². The van der Waals surface area contributed by atoms with Gasteiger partial charge in [-0.05, 0) is 30.5 Å². The maximum absolute atomic E-state index is 13.2. The monoisotopic (exact) mass is 513 g/mol. The number of amides is 1.